The van der Waals surface area contributed by atoms with Crippen molar-refractivity contribution < 1.29 is 42.6 Å². The van der Waals surface area contributed by atoms with E-state index in [1.165, 1.54) is 10.9 Å². The molecule has 1 aliphatic heterocycles. The summed E-state index contributed by atoms with van der Waals surface area (Å²) in [5.74, 6) is -0.702. The predicted molar refractivity (Wildman–Crippen MR) is 142 cm³/mol. The van der Waals surface area contributed by atoms with E-state index in [0.717, 1.165) is 5.56 Å². The highest BCUT2D eigenvalue weighted by molar-refractivity contribution is 7.70. The van der Waals surface area contributed by atoms with Gasteiger partial charge in [0.1, 0.15) is 12.2 Å². The Labute approximate surface area is 227 Å². The Balaban J connectivity index is 1.44. The predicted octanol–water partition coefficient (Wildman–Crippen LogP) is 3.04. The van der Waals surface area contributed by atoms with Gasteiger partial charge in [-0.05, 0) is 5.56 Å². The first kappa shape index (κ1) is 28.5. The fourth-order valence-corrected chi connectivity index (χ4v) is 6.82. The molecule has 5 atom stereocenters. The average Bonchev–Trinajstić information content (AvgIpc) is 3.46. The van der Waals surface area contributed by atoms with Crippen LogP contribution in [0.4, 0.5) is 10.2 Å². The average molecular weight is 593 g/mol. The molecule has 0 saturated carbocycles. The smallest absolute Gasteiger partial charge is 0.340 e. The lowest BCUT2D eigenvalue weighted by Gasteiger charge is -2.18. The van der Waals surface area contributed by atoms with Gasteiger partial charge in [0.15, 0.2) is 41.1 Å². The van der Waals surface area contributed by atoms with Gasteiger partial charge < -0.3 is 34.4 Å². The van der Waals surface area contributed by atoms with Crippen molar-refractivity contribution in [3.63, 3.8) is 0 Å². The molecule has 0 bridgehead atoms. The maximum atomic E-state index is 15.3. The van der Waals surface area contributed by atoms with Crippen LogP contribution in [0.2, 0.25) is 0 Å². The van der Waals surface area contributed by atoms with Crippen molar-refractivity contribution in [3.05, 3.63) is 72.6 Å². The molecule has 0 amide bonds. The summed E-state index contributed by atoms with van der Waals surface area (Å²) in [6.07, 6.45) is -5.35. The number of fused-ring (bicyclic) bond motifs is 1. The van der Waals surface area contributed by atoms with Crippen LogP contribution in [0.25, 0.3) is 22.6 Å². The number of halogens is 1. The van der Waals surface area contributed by atoms with Gasteiger partial charge in [-0.3, -0.25) is 13.7 Å². The second-order valence-electron chi connectivity index (χ2n) is 9.16. The summed E-state index contributed by atoms with van der Waals surface area (Å²) >= 11 is 0. The van der Waals surface area contributed by atoms with Gasteiger partial charge in [-0.2, -0.15) is 0 Å². The number of ether oxygens (including phenoxy) is 1. The van der Waals surface area contributed by atoms with Crippen LogP contribution in [0, 0.1) is 0 Å². The van der Waals surface area contributed by atoms with E-state index in [1.54, 1.807) is 0 Å². The lowest BCUT2D eigenvalue weighted by atomic mass is 10.1. The van der Waals surface area contributed by atoms with E-state index in [9.17, 15) is 19.1 Å². The molecule has 40 heavy (non-hydrogen) atoms. The first-order valence-electron chi connectivity index (χ1n) is 12.1. The third-order valence-electron chi connectivity index (χ3n) is 6.13. The zero-order valence-corrected chi connectivity index (χ0v) is 22.6. The Morgan fingerprint density at radius 3 is 2.38 bits per heavy atom. The molecule has 16 heteroatoms. The van der Waals surface area contributed by atoms with Gasteiger partial charge in [0.2, 0.25) is 0 Å². The summed E-state index contributed by atoms with van der Waals surface area (Å²) in [5, 5.41) is 13.7. The molecule has 4 aromatic rings. The van der Waals surface area contributed by atoms with E-state index in [2.05, 4.69) is 20.3 Å². The molecule has 2 aromatic heterocycles. The molecule has 1 unspecified atom stereocenters. The maximum absolute atomic E-state index is 15.3. The van der Waals surface area contributed by atoms with Gasteiger partial charge in [0, 0.05) is 12.1 Å². The van der Waals surface area contributed by atoms with Crippen molar-refractivity contribution in [2.45, 2.75) is 31.2 Å². The van der Waals surface area contributed by atoms with Gasteiger partial charge in [-0.1, -0.05) is 60.7 Å². The first-order chi connectivity index (χ1) is 19.0. The zero-order valence-electron chi connectivity index (χ0n) is 20.8. The molecule has 0 aliphatic carbocycles. The van der Waals surface area contributed by atoms with Crippen LogP contribution in [-0.2, 0) is 24.9 Å². The molecule has 3 heterocycles. The number of hydrogen-bond acceptors (Lipinski definition) is 9. The quantitative estimate of drug-likeness (QED) is 0.169. The lowest BCUT2D eigenvalue weighted by molar-refractivity contribution is -0.0425. The van der Waals surface area contributed by atoms with Crippen LogP contribution >= 0.6 is 15.2 Å². The molecule has 5 N–H and O–H groups in total. The number of alkyl halides is 1. The molecule has 1 saturated heterocycles. The largest absolute Gasteiger partial charge is 0.387 e. The highest BCUT2D eigenvalue weighted by Crippen LogP contribution is 2.55. The third-order valence-corrected chi connectivity index (χ3v) is 9.58. The Kier molecular flexibility index (Phi) is 8.14. The molecule has 1 fully saturated rings. The first-order valence-corrected chi connectivity index (χ1v) is 15.6. The van der Waals surface area contributed by atoms with Gasteiger partial charge in [-0.15, -0.1) is 0 Å². The van der Waals surface area contributed by atoms with Crippen molar-refractivity contribution in [1.82, 2.24) is 19.5 Å². The summed E-state index contributed by atoms with van der Waals surface area (Å²) < 4.78 is 50.1. The van der Waals surface area contributed by atoms with E-state index in [4.69, 9.17) is 19.0 Å². The van der Waals surface area contributed by atoms with Crippen LogP contribution in [0.15, 0.2) is 67.0 Å². The monoisotopic (exact) mass is 593 g/mol. The molecule has 1 aliphatic rings. The van der Waals surface area contributed by atoms with E-state index in [-0.39, 0.29) is 5.65 Å². The van der Waals surface area contributed by atoms with Crippen LogP contribution in [0.1, 0.15) is 11.8 Å². The number of nitrogens with zero attached hydrogens (tertiary/aromatic N) is 4. The SMILES string of the molecule is O=P(O)(O)CP(=O)(O)OC[C@H]1O[C@@H](n2cnc3c(NCc4ccccc4)nc(-c4ccccc4)nc32)[C@@H](F)[C@@H]1O. The number of rotatable bonds is 10. The van der Waals surface area contributed by atoms with Crippen LogP contribution in [-0.4, -0.2) is 70.2 Å². The Morgan fingerprint density at radius 1 is 1.02 bits per heavy atom. The van der Waals surface area contributed by atoms with Crippen LogP contribution in [0.5, 0.6) is 0 Å². The van der Waals surface area contributed by atoms with Crippen molar-refractivity contribution in [1.29, 1.82) is 0 Å². The minimum atomic E-state index is -4.86. The highest BCUT2D eigenvalue weighted by atomic mass is 31.2. The molecule has 212 valence electrons. The molecule has 2 aromatic carbocycles. The number of hydrogen-bond donors (Lipinski definition) is 5. The topological polar surface area (TPSA) is 189 Å². The number of aliphatic hydroxyl groups excluding tert-OH is 1. The summed E-state index contributed by atoms with van der Waals surface area (Å²) in [4.78, 5) is 41.3. The van der Waals surface area contributed by atoms with E-state index in [1.807, 2.05) is 60.7 Å². The Morgan fingerprint density at radius 2 is 1.70 bits per heavy atom. The standard InChI is InChI=1S/C24H26FN5O8P2/c25-18-20(31)17(12-37-40(35,36)14-39(32,33)34)38-24(18)30-13-27-19-22(26-11-15-7-3-1-4-8-15)28-21(29-23(19)30)16-9-5-2-6-10-16/h1-10,13,17-18,20,24,31H,11-12,14H2,(H,35,36)(H,26,28,29)(H2,32,33,34)/t17-,18+,20-,24-/m1/s1. The third kappa shape index (κ3) is 6.46. The molecule has 13 nitrogen and oxygen atoms in total. The number of anilines is 1. The van der Waals surface area contributed by atoms with Gasteiger partial charge in [-0.25, -0.2) is 19.3 Å². The molecular formula is C24H26FN5O8P2. The van der Waals surface area contributed by atoms with Crippen LogP contribution < -0.4 is 5.32 Å². The number of benzene rings is 2. The van der Waals surface area contributed by atoms with Crippen molar-refractivity contribution in [3.8, 4) is 11.4 Å². The van der Waals surface area contributed by atoms with Gasteiger partial charge in [0.05, 0.1) is 12.9 Å². The molecule has 0 spiro atoms. The normalized spacial score (nSPS) is 22.8. The summed E-state index contributed by atoms with van der Waals surface area (Å²) in [5.41, 5.74) is 2.21. The highest BCUT2D eigenvalue weighted by Gasteiger charge is 2.47. The lowest BCUT2D eigenvalue weighted by Crippen LogP contribution is -2.31. The molecular weight excluding hydrogens is 567 g/mol. The summed E-state index contributed by atoms with van der Waals surface area (Å²) in [7, 11) is -9.60. The van der Waals surface area contributed by atoms with Crippen molar-refractivity contribution in [2.75, 3.05) is 17.8 Å². The van der Waals surface area contributed by atoms with Gasteiger partial charge in [0.25, 0.3) is 0 Å². The molecule has 5 rings (SSSR count). The minimum Gasteiger partial charge on any atom is -0.387 e. The minimum absolute atomic E-state index is 0.208. The Bertz CT molecular complexity index is 1570. The Hall–Kier alpha value is -3.06. The second-order valence-corrected chi connectivity index (χ2v) is 13.2. The summed E-state index contributed by atoms with van der Waals surface area (Å²) in [6.45, 7) is -0.361. The maximum Gasteiger partial charge on any atom is 0.340 e. The van der Waals surface area contributed by atoms with E-state index >= 15 is 4.39 Å². The summed E-state index contributed by atoms with van der Waals surface area (Å²) in [6, 6.07) is 18.7. The fraction of sp³-hybridized carbons (Fsp3) is 0.292. The molecule has 0 radical (unpaired) electrons. The van der Waals surface area contributed by atoms with Gasteiger partial charge >= 0.3 is 15.2 Å². The van der Waals surface area contributed by atoms with E-state index < -0.39 is 52.3 Å². The number of aliphatic hydroxyl groups is 1. The number of aromatic nitrogens is 4. The number of nitrogens with one attached hydrogen (secondary N) is 1. The fourth-order valence-electron chi connectivity index (χ4n) is 4.25. The second kappa shape index (κ2) is 11.4. The number of imidazole rings is 1. The van der Waals surface area contributed by atoms with Crippen LogP contribution in [0.3, 0.4) is 0 Å². The van der Waals surface area contributed by atoms with Crippen molar-refractivity contribution >= 4 is 32.2 Å². The van der Waals surface area contributed by atoms with E-state index in [0.29, 0.717) is 29.3 Å². The zero-order chi connectivity index (χ0) is 28.5. The van der Waals surface area contributed by atoms with Crippen molar-refractivity contribution in [2.24, 2.45) is 0 Å².